The second kappa shape index (κ2) is 1.21. The van der Waals surface area contributed by atoms with Crippen molar-refractivity contribution in [2.45, 2.75) is 6.42 Å². The Morgan fingerprint density at radius 3 is 3.20 bits per heavy atom. The van der Waals surface area contributed by atoms with Crippen LogP contribution in [0.1, 0.15) is 11.3 Å². The molecule has 4 bridgehead atoms. The highest BCUT2D eigenvalue weighted by atomic mass is 16.3. The van der Waals surface area contributed by atoms with Crippen LogP contribution in [-0.4, -0.2) is 9.97 Å². The summed E-state index contributed by atoms with van der Waals surface area (Å²) in [5.41, 5.74) is 3.78. The first kappa shape index (κ1) is 4.44. The van der Waals surface area contributed by atoms with Crippen molar-refractivity contribution in [3.8, 4) is 0 Å². The van der Waals surface area contributed by atoms with Gasteiger partial charge in [-0.3, -0.25) is 0 Å². The van der Waals surface area contributed by atoms with Gasteiger partial charge in [-0.05, 0) is 0 Å². The van der Waals surface area contributed by atoms with E-state index in [1.807, 2.05) is 0 Å². The standard InChI is InChI=1S/C7H4N2O/c1-4-3-10-7-6(4)8-2-5(1)9-7/h2-3H,1H2. The van der Waals surface area contributed by atoms with Gasteiger partial charge >= 0.3 is 0 Å². The highest BCUT2D eigenvalue weighted by molar-refractivity contribution is 5.75. The summed E-state index contributed by atoms with van der Waals surface area (Å²) in [5, 5.41) is 0. The van der Waals surface area contributed by atoms with E-state index in [1.165, 1.54) is 5.56 Å². The molecule has 0 aliphatic carbocycles. The lowest BCUT2D eigenvalue weighted by Crippen LogP contribution is -1.99. The third-order valence-corrected chi connectivity index (χ3v) is 1.78. The van der Waals surface area contributed by atoms with Gasteiger partial charge in [0.05, 0.1) is 12.0 Å². The second-order valence-electron chi connectivity index (χ2n) is 2.45. The van der Waals surface area contributed by atoms with E-state index < -0.39 is 0 Å². The third kappa shape index (κ3) is 0.345. The van der Waals surface area contributed by atoms with Gasteiger partial charge in [0.25, 0.3) is 0 Å². The Morgan fingerprint density at radius 2 is 2.50 bits per heavy atom. The summed E-state index contributed by atoms with van der Waals surface area (Å²) in [5.74, 6) is 0. The molecular weight excluding hydrogens is 128 g/mol. The van der Waals surface area contributed by atoms with Crippen LogP contribution in [0.25, 0.3) is 11.2 Å². The van der Waals surface area contributed by atoms with Crippen LogP contribution >= 0.6 is 0 Å². The number of nitrogens with zero attached hydrogens (tertiary/aromatic N) is 2. The number of aromatic nitrogens is 2. The summed E-state index contributed by atoms with van der Waals surface area (Å²) in [7, 11) is 0. The van der Waals surface area contributed by atoms with Crippen LogP contribution in [0, 0.1) is 0 Å². The van der Waals surface area contributed by atoms with Crippen molar-refractivity contribution in [1.82, 2.24) is 9.97 Å². The van der Waals surface area contributed by atoms with Crippen molar-refractivity contribution in [1.29, 1.82) is 0 Å². The summed E-state index contributed by atoms with van der Waals surface area (Å²) in [6, 6.07) is 0. The Hall–Kier alpha value is -1.38. The fourth-order valence-electron chi connectivity index (χ4n) is 1.30. The minimum atomic E-state index is 0.679. The smallest absolute Gasteiger partial charge is 0.245 e. The second-order valence-corrected chi connectivity index (χ2v) is 2.45. The Bertz CT molecular complexity index is 405. The van der Waals surface area contributed by atoms with Crippen molar-refractivity contribution in [2.24, 2.45) is 0 Å². The molecule has 0 aromatic carbocycles. The summed E-state index contributed by atoms with van der Waals surface area (Å²) < 4.78 is 5.13. The largest absolute Gasteiger partial charge is 0.445 e. The molecule has 0 radical (unpaired) electrons. The maximum Gasteiger partial charge on any atom is 0.245 e. The monoisotopic (exact) mass is 132 g/mol. The minimum absolute atomic E-state index is 0.679. The van der Waals surface area contributed by atoms with Crippen molar-refractivity contribution < 1.29 is 4.42 Å². The molecule has 10 heavy (non-hydrogen) atoms. The number of rotatable bonds is 0. The molecule has 0 spiro atoms. The maximum atomic E-state index is 5.13. The average molecular weight is 132 g/mol. The number of fused-ring (bicyclic) bond motifs is 1. The van der Waals surface area contributed by atoms with E-state index in [0.29, 0.717) is 5.71 Å². The lowest BCUT2D eigenvalue weighted by Gasteiger charge is -2.02. The number of hydrogen-bond acceptors (Lipinski definition) is 3. The zero-order valence-corrected chi connectivity index (χ0v) is 5.16. The molecule has 48 valence electrons. The zero-order chi connectivity index (χ0) is 6.55. The van der Waals surface area contributed by atoms with Gasteiger partial charge < -0.3 is 4.42 Å². The molecule has 0 saturated carbocycles. The quantitative estimate of drug-likeness (QED) is 0.460. The molecule has 2 aliphatic heterocycles. The molecule has 4 heterocycles. The fraction of sp³-hybridized carbons (Fsp3) is 0.143. The maximum absolute atomic E-state index is 5.13. The first-order valence-corrected chi connectivity index (χ1v) is 3.15. The Labute approximate surface area is 56.7 Å². The van der Waals surface area contributed by atoms with Gasteiger partial charge in [0.2, 0.25) is 5.71 Å². The highest BCUT2D eigenvalue weighted by Gasteiger charge is 2.16. The van der Waals surface area contributed by atoms with Gasteiger partial charge in [-0.2, -0.15) is 0 Å². The lowest BCUT2D eigenvalue weighted by atomic mass is 10.1. The van der Waals surface area contributed by atoms with Crippen LogP contribution in [0.2, 0.25) is 0 Å². The van der Waals surface area contributed by atoms with Crippen LogP contribution in [0.3, 0.4) is 0 Å². The molecule has 0 amide bonds. The van der Waals surface area contributed by atoms with E-state index in [9.17, 15) is 0 Å². The van der Waals surface area contributed by atoms with Crippen molar-refractivity contribution in [3.05, 3.63) is 23.7 Å². The predicted octanol–water partition coefficient (Wildman–Crippen LogP) is 1.13. The Balaban J connectivity index is 2.73. The predicted molar refractivity (Wildman–Crippen MR) is 34.6 cm³/mol. The molecule has 0 N–H and O–H groups in total. The van der Waals surface area contributed by atoms with E-state index in [0.717, 1.165) is 17.6 Å². The Morgan fingerprint density at radius 1 is 1.50 bits per heavy atom. The molecule has 0 unspecified atom stereocenters. The average Bonchev–Trinajstić information content (AvgIpc) is 2.29. The van der Waals surface area contributed by atoms with Crippen molar-refractivity contribution in [3.63, 3.8) is 0 Å². The van der Waals surface area contributed by atoms with Crippen LogP contribution < -0.4 is 0 Å². The summed E-state index contributed by atoms with van der Waals surface area (Å²) in [6.07, 6.45) is 4.42. The van der Waals surface area contributed by atoms with Gasteiger partial charge in [-0.15, -0.1) is 0 Å². The van der Waals surface area contributed by atoms with E-state index >= 15 is 0 Å². The van der Waals surface area contributed by atoms with Gasteiger partial charge in [0, 0.05) is 18.2 Å². The van der Waals surface area contributed by atoms with Crippen LogP contribution in [0.15, 0.2) is 16.9 Å². The van der Waals surface area contributed by atoms with E-state index in [2.05, 4.69) is 9.97 Å². The minimum Gasteiger partial charge on any atom is -0.445 e. The van der Waals surface area contributed by atoms with Gasteiger partial charge in [0.15, 0.2) is 0 Å². The summed E-state index contributed by atoms with van der Waals surface area (Å²) >= 11 is 0. The highest BCUT2D eigenvalue weighted by Crippen LogP contribution is 2.24. The van der Waals surface area contributed by atoms with Crippen LogP contribution in [-0.2, 0) is 6.42 Å². The van der Waals surface area contributed by atoms with Gasteiger partial charge in [-0.1, -0.05) is 0 Å². The zero-order valence-electron chi connectivity index (χ0n) is 5.16. The SMILES string of the molecule is c1nc2c3coc2nc1C3. The topological polar surface area (TPSA) is 38.9 Å². The number of furan rings is 1. The lowest BCUT2D eigenvalue weighted by molar-refractivity contribution is 0.603. The van der Waals surface area contributed by atoms with Crippen molar-refractivity contribution in [2.75, 3.05) is 0 Å². The third-order valence-electron chi connectivity index (χ3n) is 1.78. The summed E-state index contributed by atoms with van der Waals surface area (Å²) in [4.78, 5) is 8.34. The molecule has 3 nitrogen and oxygen atoms in total. The molecule has 0 fully saturated rings. The number of hydrogen-bond donors (Lipinski definition) is 0. The molecule has 4 rings (SSSR count). The fourth-order valence-corrected chi connectivity index (χ4v) is 1.30. The Kier molecular flexibility index (Phi) is 0.537. The molecule has 2 aliphatic rings. The van der Waals surface area contributed by atoms with E-state index in [1.54, 1.807) is 12.5 Å². The first-order valence-electron chi connectivity index (χ1n) is 3.15. The molecular formula is C7H4N2O. The molecule has 0 saturated heterocycles. The summed E-state index contributed by atoms with van der Waals surface area (Å²) in [6.45, 7) is 0. The normalized spacial score (nSPS) is 13.6. The van der Waals surface area contributed by atoms with Gasteiger partial charge in [0.1, 0.15) is 5.52 Å². The molecule has 3 heteroatoms. The molecule has 0 atom stereocenters. The molecule has 2 aromatic heterocycles. The molecule has 2 aromatic rings. The van der Waals surface area contributed by atoms with Gasteiger partial charge in [-0.25, -0.2) is 9.97 Å². The van der Waals surface area contributed by atoms with E-state index in [-0.39, 0.29) is 0 Å². The van der Waals surface area contributed by atoms with E-state index in [4.69, 9.17) is 4.42 Å². The van der Waals surface area contributed by atoms with Crippen LogP contribution in [0.4, 0.5) is 0 Å². The van der Waals surface area contributed by atoms with Crippen LogP contribution in [0.5, 0.6) is 0 Å². The first-order chi connectivity index (χ1) is 4.93. The van der Waals surface area contributed by atoms with Crippen molar-refractivity contribution >= 4 is 11.2 Å².